The van der Waals surface area contributed by atoms with Gasteiger partial charge in [0.1, 0.15) is 0 Å². The molecular formula is C16H24ClNO. The van der Waals surface area contributed by atoms with Gasteiger partial charge in [-0.15, -0.1) is 0 Å². The van der Waals surface area contributed by atoms with Gasteiger partial charge in [0.15, 0.2) is 0 Å². The van der Waals surface area contributed by atoms with Crippen LogP contribution in [0.15, 0.2) is 24.3 Å². The third-order valence-corrected chi connectivity index (χ3v) is 4.74. The topological polar surface area (TPSA) is 46.2 Å². The molecule has 1 saturated carbocycles. The Bertz CT molecular complexity index is 399. The van der Waals surface area contributed by atoms with E-state index < -0.39 is 6.10 Å². The van der Waals surface area contributed by atoms with Gasteiger partial charge in [-0.1, -0.05) is 55.8 Å². The van der Waals surface area contributed by atoms with Crippen LogP contribution in [0.5, 0.6) is 0 Å². The Balaban J connectivity index is 2.22. The summed E-state index contributed by atoms with van der Waals surface area (Å²) in [5.41, 5.74) is 6.77. The van der Waals surface area contributed by atoms with Crippen LogP contribution < -0.4 is 5.73 Å². The second kappa shape index (κ2) is 6.74. The summed E-state index contributed by atoms with van der Waals surface area (Å²) in [6.07, 6.45) is 7.66. The van der Waals surface area contributed by atoms with E-state index in [1.807, 2.05) is 24.3 Å². The first kappa shape index (κ1) is 14.8. The summed E-state index contributed by atoms with van der Waals surface area (Å²) in [5, 5.41) is 11.5. The molecule has 0 saturated heterocycles. The maximum Gasteiger partial charge on any atom is 0.0858 e. The van der Waals surface area contributed by atoms with Crippen molar-refractivity contribution in [1.82, 2.24) is 0 Å². The van der Waals surface area contributed by atoms with Crippen LogP contribution in [0.1, 0.15) is 56.6 Å². The van der Waals surface area contributed by atoms with E-state index in [0.717, 1.165) is 31.2 Å². The molecular weight excluding hydrogens is 258 g/mol. The maximum atomic E-state index is 10.8. The van der Waals surface area contributed by atoms with Gasteiger partial charge < -0.3 is 10.8 Å². The third kappa shape index (κ3) is 3.50. The fourth-order valence-corrected chi connectivity index (χ4v) is 3.43. The monoisotopic (exact) mass is 281 g/mol. The summed E-state index contributed by atoms with van der Waals surface area (Å²) in [5.74, 6) is 0. The Kier molecular flexibility index (Phi) is 5.26. The van der Waals surface area contributed by atoms with E-state index in [0.29, 0.717) is 11.6 Å². The standard InChI is InChI=1S/C16H24ClNO/c17-14-8-6-7-13(11-14)15(19)16(12-18)9-4-2-1-3-5-10-16/h6-8,11,15,19H,1-5,9-10,12,18H2. The number of hydrogen-bond acceptors (Lipinski definition) is 2. The molecule has 19 heavy (non-hydrogen) atoms. The molecule has 0 aliphatic heterocycles. The Morgan fingerprint density at radius 3 is 2.37 bits per heavy atom. The third-order valence-electron chi connectivity index (χ3n) is 4.50. The van der Waals surface area contributed by atoms with Crippen molar-refractivity contribution >= 4 is 11.6 Å². The molecule has 0 amide bonds. The minimum atomic E-state index is -0.505. The molecule has 1 aromatic rings. The van der Waals surface area contributed by atoms with Crippen molar-refractivity contribution in [2.75, 3.05) is 6.54 Å². The lowest BCUT2D eigenvalue weighted by atomic mass is 9.70. The van der Waals surface area contributed by atoms with Crippen molar-refractivity contribution in [2.24, 2.45) is 11.1 Å². The minimum absolute atomic E-state index is 0.175. The van der Waals surface area contributed by atoms with Crippen LogP contribution in [0.25, 0.3) is 0 Å². The lowest BCUT2D eigenvalue weighted by Crippen LogP contribution is -2.37. The summed E-state index contributed by atoms with van der Waals surface area (Å²) in [6, 6.07) is 7.55. The second-order valence-electron chi connectivity index (χ2n) is 5.79. The number of benzene rings is 1. The highest BCUT2D eigenvalue weighted by atomic mass is 35.5. The van der Waals surface area contributed by atoms with Gasteiger partial charge in [0.25, 0.3) is 0 Å². The molecule has 106 valence electrons. The molecule has 0 aromatic heterocycles. The minimum Gasteiger partial charge on any atom is -0.388 e. The average Bonchev–Trinajstić information content (AvgIpc) is 2.39. The highest BCUT2D eigenvalue weighted by Crippen LogP contribution is 2.44. The second-order valence-corrected chi connectivity index (χ2v) is 6.23. The van der Waals surface area contributed by atoms with Crippen LogP contribution in [0.3, 0.4) is 0 Å². The fourth-order valence-electron chi connectivity index (χ4n) is 3.23. The molecule has 0 radical (unpaired) electrons. The van der Waals surface area contributed by atoms with Gasteiger partial charge in [0, 0.05) is 17.0 Å². The number of halogens is 1. The summed E-state index contributed by atoms with van der Waals surface area (Å²) in [4.78, 5) is 0. The van der Waals surface area contributed by atoms with Crippen molar-refractivity contribution in [2.45, 2.75) is 51.0 Å². The van der Waals surface area contributed by atoms with Gasteiger partial charge in [-0.25, -0.2) is 0 Å². The average molecular weight is 282 g/mol. The smallest absolute Gasteiger partial charge is 0.0858 e. The van der Waals surface area contributed by atoms with E-state index in [9.17, 15) is 5.11 Å². The van der Waals surface area contributed by atoms with Crippen molar-refractivity contribution in [3.05, 3.63) is 34.9 Å². The molecule has 0 bridgehead atoms. The molecule has 1 fully saturated rings. The number of hydrogen-bond donors (Lipinski definition) is 2. The van der Waals surface area contributed by atoms with E-state index in [1.165, 1.54) is 19.3 Å². The first-order valence-corrected chi connectivity index (χ1v) is 7.69. The Labute approximate surface area is 121 Å². The van der Waals surface area contributed by atoms with Gasteiger partial charge >= 0.3 is 0 Å². The fraction of sp³-hybridized carbons (Fsp3) is 0.625. The van der Waals surface area contributed by atoms with E-state index in [1.54, 1.807) is 0 Å². The van der Waals surface area contributed by atoms with E-state index in [4.69, 9.17) is 17.3 Å². The zero-order valence-corrected chi connectivity index (χ0v) is 12.2. The van der Waals surface area contributed by atoms with Crippen LogP contribution in [-0.4, -0.2) is 11.7 Å². The van der Waals surface area contributed by atoms with Gasteiger partial charge in [0.2, 0.25) is 0 Å². The normalized spacial score (nSPS) is 21.4. The largest absolute Gasteiger partial charge is 0.388 e. The first-order valence-electron chi connectivity index (χ1n) is 7.31. The zero-order chi connectivity index (χ0) is 13.7. The Hall–Kier alpha value is -0.570. The molecule has 0 heterocycles. The van der Waals surface area contributed by atoms with Crippen LogP contribution in [0.4, 0.5) is 0 Å². The quantitative estimate of drug-likeness (QED) is 0.877. The molecule has 0 spiro atoms. The van der Waals surface area contributed by atoms with Crippen LogP contribution >= 0.6 is 11.6 Å². The van der Waals surface area contributed by atoms with Crippen molar-refractivity contribution in [3.63, 3.8) is 0 Å². The van der Waals surface area contributed by atoms with Crippen LogP contribution in [0, 0.1) is 5.41 Å². The number of nitrogens with two attached hydrogens (primary N) is 1. The molecule has 2 rings (SSSR count). The highest BCUT2D eigenvalue weighted by Gasteiger charge is 2.37. The Morgan fingerprint density at radius 2 is 1.79 bits per heavy atom. The van der Waals surface area contributed by atoms with E-state index in [2.05, 4.69) is 0 Å². The highest BCUT2D eigenvalue weighted by molar-refractivity contribution is 6.30. The van der Waals surface area contributed by atoms with Crippen LogP contribution in [-0.2, 0) is 0 Å². The summed E-state index contributed by atoms with van der Waals surface area (Å²) >= 11 is 6.03. The summed E-state index contributed by atoms with van der Waals surface area (Å²) in [6.45, 7) is 0.542. The van der Waals surface area contributed by atoms with Gasteiger partial charge in [-0.2, -0.15) is 0 Å². The lowest BCUT2D eigenvalue weighted by molar-refractivity contribution is 0.00849. The molecule has 1 atom stereocenters. The van der Waals surface area contributed by atoms with E-state index in [-0.39, 0.29) is 5.41 Å². The van der Waals surface area contributed by atoms with Crippen molar-refractivity contribution in [3.8, 4) is 0 Å². The summed E-state index contributed by atoms with van der Waals surface area (Å²) in [7, 11) is 0. The maximum absolute atomic E-state index is 10.8. The van der Waals surface area contributed by atoms with E-state index >= 15 is 0 Å². The van der Waals surface area contributed by atoms with Gasteiger partial charge in [-0.05, 0) is 30.5 Å². The van der Waals surface area contributed by atoms with Gasteiger partial charge in [-0.3, -0.25) is 0 Å². The molecule has 1 aliphatic carbocycles. The molecule has 3 heteroatoms. The molecule has 1 aliphatic rings. The van der Waals surface area contributed by atoms with Gasteiger partial charge in [0.05, 0.1) is 6.10 Å². The predicted octanol–water partition coefficient (Wildman–Crippen LogP) is 4.06. The van der Waals surface area contributed by atoms with Crippen molar-refractivity contribution < 1.29 is 5.11 Å². The SMILES string of the molecule is NCC1(C(O)c2cccc(Cl)c2)CCCCCCC1. The molecule has 1 aromatic carbocycles. The molecule has 3 N–H and O–H groups in total. The first-order chi connectivity index (χ1) is 9.18. The molecule has 1 unspecified atom stereocenters. The number of rotatable bonds is 3. The Morgan fingerprint density at radius 1 is 1.16 bits per heavy atom. The molecule has 2 nitrogen and oxygen atoms in total. The number of aliphatic hydroxyl groups excluding tert-OH is 1. The van der Waals surface area contributed by atoms with Crippen molar-refractivity contribution in [1.29, 1.82) is 0 Å². The predicted molar refractivity (Wildman–Crippen MR) is 80.2 cm³/mol. The van der Waals surface area contributed by atoms with Crippen LogP contribution in [0.2, 0.25) is 5.02 Å². The number of aliphatic hydroxyl groups is 1. The zero-order valence-electron chi connectivity index (χ0n) is 11.4. The lowest BCUT2D eigenvalue weighted by Gasteiger charge is -2.39. The summed E-state index contributed by atoms with van der Waals surface area (Å²) < 4.78 is 0.